The molecule has 0 saturated carbocycles. The van der Waals surface area contributed by atoms with Crippen molar-refractivity contribution in [3.8, 4) is 11.5 Å². The minimum atomic E-state index is -2.06. The summed E-state index contributed by atoms with van der Waals surface area (Å²) >= 11 is 0. The maximum Gasteiger partial charge on any atom is 0.269 e. The minimum Gasteiger partial charge on any atom is -0.507 e. The first-order valence-electron chi connectivity index (χ1n) is 11.1. The van der Waals surface area contributed by atoms with E-state index in [9.17, 15) is 15.0 Å². The molecule has 4 aromatic carbocycles. The van der Waals surface area contributed by atoms with E-state index in [1.165, 1.54) is 13.2 Å². The Hall–Kier alpha value is -4.09. The van der Waals surface area contributed by atoms with Gasteiger partial charge >= 0.3 is 0 Å². The number of fused-ring (bicyclic) bond motifs is 1. The second kappa shape index (κ2) is 8.36. The zero-order valence-corrected chi connectivity index (χ0v) is 19.0. The molecule has 170 valence electrons. The van der Waals surface area contributed by atoms with Crippen LogP contribution >= 0.6 is 0 Å². The van der Waals surface area contributed by atoms with E-state index in [2.05, 4.69) is 0 Å². The summed E-state index contributed by atoms with van der Waals surface area (Å²) in [6.45, 7) is 1.81. The minimum absolute atomic E-state index is 0.130. The third-order valence-electron chi connectivity index (χ3n) is 6.47. The second-order valence-corrected chi connectivity index (χ2v) is 8.47. The predicted molar refractivity (Wildman–Crippen MR) is 131 cm³/mol. The number of aromatic hydroxyl groups is 1. The third-order valence-corrected chi connectivity index (χ3v) is 6.47. The summed E-state index contributed by atoms with van der Waals surface area (Å²) < 4.78 is 5.31. The third kappa shape index (κ3) is 3.25. The van der Waals surface area contributed by atoms with Gasteiger partial charge in [0.25, 0.3) is 5.91 Å². The van der Waals surface area contributed by atoms with Crippen molar-refractivity contribution in [3.63, 3.8) is 0 Å². The SMILES string of the molecule is COc1cc(O)c(C2(O)C(=O)N(C(c3ccccc3)c3ccccc3)c3ccccc32)cc1C. The number of methoxy groups -OCH3 is 1. The zero-order valence-electron chi connectivity index (χ0n) is 19.0. The maximum absolute atomic E-state index is 14.2. The van der Waals surface area contributed by atoms with Crippen LogP contribution in [0.15, 0.2) is 97.1 Å². The van der Waals surface area contributed by atoms with Crippen LogP contribution in [-0.4, -0.2) is 23.2 Å². The van der Waals surface area contributed by atoms with Crippen LogP contribution in [0.5, 0.6) is 11.5 Å². The number of aliphatic hydroxyl groups is 1. The molecule has 1 aliphatic heterocycles. The van der Waals surface area contributed by atoms with Gasteiger partial charge in [-0.05, 0) is 35.7 Å². The zero-order chi connectivity index (χ0) is 23.9. The number of rotatable bonds is 5. The molecule has 4 aromatic rings. The molecule has 0 aliphatic carbocycles. The van der Waals surface area contributed by atoms with Crippen molar-refractivity contribution < 1.29 is 19.7 Å². The van der Waals surface area contributed by atoms with Crippen LogP contribution in [0.25, 0.3) is 0 Å². The number of carbonyl (C=O) groups is 1. The summed E-state index contributed by atoms with van der Waals surface area (Å²) in [4.78, 5) is 15.9. The van der Waals surface area contributed by atoms with Crippen molar-refractivity contribution in [1.29, 1.82) is 0 Å². The molecule has 0 fully saturated rings. The van der Waals surface area contributed by atoms with Crippen molar-refractivity contribution in [3.05, 3.63) is 125 Å². The fourth-order valence-corrected chi connectivity index (χ4v) is 4.85. The lowest BCUT2D eigenvalue weighted by atomic mass is 9.86. The standard InChI is InChI=1S/C29H25NO4/c1-19-17-23(25(31)18-26(19)34-2)29(33)22-15-9-10-16-24(22)30(28(29)32)27(20-11-5-3-6-12-20)21-13-7-4-8-14-21/h3-18,27,31,33H,1-2H3. The van der Waals surface area contributed by atoms with Crippen LogP contribution in [0, 0.1) is 6.92 Å². The number of benzene rings is 4. The quantitative estimate of drug-likeness (QED) is 0.444. The summed E-state index contributed by atoms with van der Waals surface area (Å²) in [6, 6.07) is 29.3. The Bertz CT molecular complexity index is 1310. The summed E-state index contributed by atoms with van der Waals surface area (Å²) in [5.41, 5.74) is 1.63. The van der Waals surface area contributed by atoms with Crippen molar-refractivity contribution in [2.75, 3.05) is 12.0 Å². The van der Waals surface area contributed by atoms with Gasteiger partial charge < -0.3 is 14.9 Å². The van der Waals surface area contributed by atoms with Gasteiger partial charge in [-0.1, -0.05) is 78.9 Å². The number of carbonyl (C=O) groups excluding carboxylic acids is 1. The lowest BCUT2D eigenvalue weighted by Gasteiger charge is -2.31. The number of amides is 1. The summed E-state index contributed by atoms with van der Waals surface area (Å²) in [7, 11) is 1.51. The highest BCUT2D eigenvalue weighted by molar-refractivity contribution is 6.10. The number of para-hydroxylation sites is 1. The molecular weight excluding hydrogens is 426 g/mol. The van der Waals surface area contributed by atoms with Crippen LogP contribution in [-0.2, 0) is 10.4 Å². The summed E-state index contributed by atoms with van der Waals surface area (Å²) in [5.74, 6) is -0.246. The van der Waals surface area contributed by atoms with Gasteiger partial charge in [0.15, 0.2) is 5.60 Å². The van der Waals surface area contributed by atoms with E-state index in [0.29, 0.717) is 22.6 Å². The van der Waals surface area contributed by atoms with Crippen molar-refractivity contribution in [1.82, 2.24) is 0 Å². The largest absolute Gasteiger partial charge is 0.507 e. The first kappa shape index (κ1) is 21.7. The normalized spacial score (nSPS) is 17.2. The van der Waals surface area contributed by atoms with Crippen LogP contribution < -0.4 is 9.64 Å². The van der Waals surface area contributed by atoms with Crippen LogP contribution in [0.1, 0.15) is 33.9 Å². The number of phenolic OH excluding ortho intramolecular Hbond substituents is 1. The molecule has 1 atom stereocenters. The Labute approximate surface area is 198 Å². The molecule has 34 heavy (non-hydrogen) atoms. The van der Waals surface area contributed by atoms with Gasteiger partial charge in [-0.15, -0.1) is 0 Å². The monoisotopic (exact) mass is 451 g/mol. The fourth-order valence-electron chi connectivity index (χ4n) is 4.85. The number of ether oxygens (including phenoxy) is 1. The number of aryl methyl sites for hydroxylation is 1. The Morgan fingerprint density at radius 2 is 1.38 bits per heavy atom. The lowest BCUT2D eigenvalue weighted by molar-refractivity contribution is -0.132. The summed E-state index contributed by atoms with van der Waals surface area (Å²) in [5, 5.41) is 22.9. The highest BCUT2D eigenvalue weighted by Crippen LogP contribution is 2.51. The molecule has 0 aromatic heterocycles. The van der Waals surface area contributed by atoms with E-state index in [0.717, 1.165) is 11.1 Å². The molecule has 0 bridgehead atoms. The van der Waals surface area contributed by atoms with E-state index in [4.69, 9.17) is 4.74 Å². The van der Waals surface area contributed by atoms with Crippen LogP contribution in [0.2, 0.25) is 0 Å². The molecule has 1 heterocycles. The Morgan fingerprint density at radius 1 is 0.824 bits per heavy atom. The topological polar surface area (TPSA) is 70.0 Å². The predicted octanol–water partition coefficient (Wildman–Crippen LogP) is 5.08. The molecule has 5 nitrogen and oxygen atoms in total. The highest BCUT2D eigenvalue weighted by Gasteiger charge is 2.54. The van der Waals surface area contributed by atoms with Gasteiger partial charge in [-0.2, -0.15) is 0 Å². The maximum atomic E-state index is 14.2. The first-order chi connectivity index (χ1) is 16.5. The molecule has 0 saturated heterocycles. The first-order valence-corrected chi connectivity index (χ1v) is 11.1. The number of anilines is 1. The highest BCUT2D eigenvalue weighted by atomic mass is 16.5. The summed E-state index contributed by atoms with van der Waals surface area (Å²) in [6.07, 6.45) is 0. The molecule has 0 radical (unpaired) electrons. The average Bonchev–Trinajstić information content (AvgIpc) is 3.09. The van der Waals surface area contributed by atoms with Gasteiger partial charge in [0.2, 0.25) is 0 Å². The Kier molecular flexibility index (Phi) is 5.34. The van der Waals surface area contributed by atoms with Crippen molar-refractivity contribution in [2.45, 2.75) is 18.6 Å². The van der Waals surface area contributed by atoms with E-state index >= 15 is 0 Å². The van der Waals surface area contributed by atoms with Gasteiger partial charge in [0, 0.05) is 17.2 Å². The van der Waals surface area contributed by atoms with Gasteiger partial charge in [0.05, 0.1) is 18.8 Å². The van der Waals surface area contributed by atoms with Crippen LogP contribution in [0.3, 0.4) is 0 Å². The van der Waals surface area contributed by atoms with E-state index in [-0.39, 0.29) is 11.3 Å². The van der Waals surface area contributed by atoms with Gasteiger partial charge in [-0.3, -0.25) is 9.69 Å². The molecule has 1 unspecified atom stereocenters. The fraction of sp³-hybridized carbons (Fsp3) is 0.138. The molecule has 1 aliphatic rings. The average molecular weight is 452 g/mol. The van der Waals surface area contributed by atoms with E-state index in [1.54, 1.807) is 23.1 Å². The number of hydrogen-bond acceptors (Lipinski definition) is 4. The molecule has 1 amide bonds. The lowest BCUT2D eigenvalue weighted by Crippen LogP contribution is -2.43. The molecule has 5 rings (SSSR count). The number of nitrogens with zero attached hydrogens (tertiary/aromatic N) is 1. The second-order valence-electron chi connectivity index (χ2n) is 8.47. The van der Waals surface area contributed by atoms with Crippen LogP contribution in [0.4, 0.5) is 5.69 Å². The Balaban J connectivity index is 1.75. The number of hydrogen-bond donors (Lipinski definition) is 2. The molecule has 5 heteroatoms. The van der Waals surface area contributed by atoms with Crippen molar-refractivity contribution >= 4 is 11.6 Å². The molecular formula is C29H25NO4. The van der Waals surface area contributed by atoms with E-state index in [1.807, 2.05) is 79.7 Å². The Morgan fingerprint density at radius 3 is 1.97 bits per heavy atom. The van der Waals surface area contributed by atoms with Gasteiger partial charge in [-0.25, -0.2) is 0 Å². The molecule has 0 spiro atoms. The molecule has 2 N–H and O–H groups in total. The smallest absolute Gasteiger partial charge is 0.269 e. The van der Waals surface area contributed by atoms with Gasteiger partial charge in [0.1, 0.15) is 11.5 Å². The van der Waals surface area contributed by atoms with E-state index < -0.39 is 17.6 Å². The van der Waals surface area contributed by atoms with Crippen molar-refractivity contribution in [2.24, 2.45) is 0 Å². The number of phenols is 1.